The van der Waals surface area contributed by atoms with Crippen LogP contribution in [0.2, 0.25) is 0 Å². The van der Waals surface area contributed by atoms with Crippen molar-refractivity contribution in [1.82, 2.24) is 0 Å². The van der Waals surface area contributed by atoms with Crippen LogP contribution in [-0.4, -0.2) is 19.8 Å². The standard InChI is InChI=1S/C23H23NO2/c1-25-21-13-11-18(12-14-21)15-20-17-26-23-10-6-5-9-22(23)24(20)16-19-7-3-2-4-8-19/h2-14,20H,15-17H2,1H3/t20-/m0/s1. The van der Waals surface area contributed by atoms with Crippen molar-refractivity contribution in [2.24, 2.45) is 0 Å². The van der Waals surface area contributed by atoms with Gasteiger partial charge in [0.25, 0.3) is 0 Å². The quantitative estimate of drug-likeness (QED) is 0.669. The van der Waals surface area contributed by atoms with Gasteiger partial charge in [-0.05, 0) is 41.8 Å². The Morgan fingerprint density at radius 2 is 1.62 bits per heavy atom. The van der Waals surface area contributed by atoms with E-state index in [0.29, 0.717) is 12.6 Å². The minimum Gasteiger partial charge on any atom is -0.497 e. The third-order valence-electron chi connectivity index (χ3n) is 4.87. The van der Waals surface area contributed by atoms with Crippen LogP contribution < -0.4 is 14.4 Å². The summed E-state index contributed by atoms with van der Waals surface area (Å²) in [6, 6.07) is 27.5. The van der Waals surface area contributed by atoms with Gasteiger partial charge in [0.1, 0.15) is 18.1 Å². The Balaban J connectivity index is 1.61. The number of hydrogen-bond donors (Lipinski definition) is 0. The number of fused-ring (bicyclic) bond motifs is 1. The zero-order valence-electron chi connectivity index (χ0n) is 15.0. The van der Waals surface area contributed by atoms with Crippen LogP contribution in [-0.2, 0) is 13.0 Å². The van der Waals surface area contributed by atoms with Crippen molar-refractivity contribution >= 4 is 5.69 Å². The van der Waals surface area contributed by atoms with Crippen molar-refractivity contribution in [2.45, 2.75) is 19.0 Å². The largest absolute Gasteiger partial charge is 0.497 e. The second-order valence-corrected chi connectivity index (χ2v) is 6.60. The molecule has 0 fully saturated rings. The number of hydrogen-bond acceptors (Lipinski definition) is 3. The highest BCUT2D eigenvalue weighted by atomic mass is 16.5. The number of rotatable bonds is 5. The molecule has 0 aromatic heterocycles. The fraction of sp³-hybridized carbons (Fsp3) is 0.217. The first-order chi connectivity index (χ1) is 12.8. The molecule has 0 radical (unpaired) electrons. The van der Waals surface area contributed by atoms with Gasteiger partial charge in [0.2, 0.25) is 0 Å². The second kappa shape index (κ2) is 7.52. The monoisotopic (exact) mass is 345 g/mol. The maximum absolute atomic E-state index is 6.05. The summed E-state index contributed by atoms with van der Waals surface area (Å²) >= 11 is 0. The minimum atomic E-state index is 0.290. The number of para-hydroxylation sites is 2. The summed E-state index contributed by atoms with van der Waals surface area (Å²) in [4.78, 5) is 2.47. The van der Waals surface area contributed by atoms with E-state index in [4.69, 9.17) is 9.47 Å². The Bertz CT molecular complexity index is 846. The molecule has 0 saturated heterocycles. The molecule has 0 aliphatic carbocycles. The van der Waals surface area contributed by atoms with Crippen LogP contribution in [0.4, 0.5) is 5.69 Å². The summed E-state index contributed by atoms with van der Waals surface area (Å²) in [5.74, 6) is 1.86. The van der Waals surface area contributed by atoms with Gasteiger partial charge >= 0.3 is 0 Å². The number of anilines is 1. The highest BCUT2D eigenvalue weighted by molar-refractivity contribution is 5.61. The molecule has 0 amide bonds. The van der Waals surface area contributed by atoms with E-state index in [2.05, 4.69) is 65.6 Å². The number of ether oxygens (including phenoxy) is 2. The Kier molecular flexibility index (Phi) is 4.78. The molecule has 1 aliphatic rings. The van der Waals surface area contributed by atoms with Crippen LogP contribution in [0.3, 0.4) is 0 Å². The average molecular weight is 345 g/mol. The minimum absolute atomic E-state index is 0.290. The van der Waals surface area contributed by atoms with Crippen LogP contribution in [0.25, 0.3) is 0 Å². The van der Waals surface area contributed by atoms with E-state index in [1.54, 1.807) is 7.11 Å². The van der Waals surface area contributed by atoms with Gasteiger partial charge in [-0.15, -0.1) is 0 Å². The van der Waals surface area contributed by atoms with Gasteiger partial charge in [-0.1, -0.05) is 54.6 Å². The van der Waals surface area contributed by atoms with Crippen LogP contribution in [0.15, 0.2) is 78.9 Å². The molecule has 1 atom stereocenters. The maximum atomic E-state index is 6.05. The van der Waals surface area contributed by atoms with E-state index >= 15 is 0 Å². The summed E-state index contributed by atoms with van der Waals surface area (Å²) in [7, 11) is 1.70. The molecule has 1 heterocycles. The number of methoxy groups -OCH3 is 1. The molecule has 0 saturated carbocycles. The van der Waals surface area contributed by atoms with E-state index in [1.807, 2.05) is 18.2 Å². The smallest absolute Gasteiger partial charge is 0.142 e. The summed E-state index contributed by atoms with van der Waals surface area (Å²) in [5, 5.41) is 0. The normalized spacial score (nSPS) is 15.9. The summed E-state index contributed by atoms with van der Waals surface area (Å²) < 4.78 is 11.3. The van der Waals surface area contributed by atoms with Gasteiger partial charge < -0.3 is 14.4 Å². The molecule has 3 aromatic rings. The van der Waals surface area contributed by atoms with Gasteiger partial charge in [-0.3, -0.25) is 0 Å². The first-order valence-electron chi connectivity index (χ1n) is 8.99. The van der Waals surface area contributed by atoms with E-state index < -0.39 is 0 Å². The van der Waals surface area contributed by atoms with Gasteiger partial charge in [-0.25, -0.2) is 0 Å². The fourth-order valence-corrected chi connectivity index (χ4v) is 3.49. The topological polar surface area (TPSA) is 21.7 Å². The summed E-state index contributed by atoms with van der Waals surface area (Å²) in [5.41, 5.74) is 3.77. The number of benzene rings is 3. The van der Waals surface area contributed by atoms with Crippen molar-refractivity contribution in [1.29, 1.82) is 0 Å². The lowest BCUT2D eigenvalue weighted by molar-refractivity contribution is 0.259. The lowest BCUT2D eigenvalue weighted by Gasteiger charge is -2.39. The maximum Gasteiger partial charge on any atom is 0.142 e. The summed E-state index contributed by atoms with van der Waals surface area (Å²) in [6.07, 6.45) is 0.936. The molecule has 26 heavy (non-hydrogen) atoms. The van der Waals surface area contributed by atoms with Crippen molar-refractivity contribution in [3.8, 4) is 11.5 Å². The Labute approximate surface area is 154 Å². The predicted octanol–water partition coefficient (Wildman–Crippen LogP) is 4.71. The SMILES string of the molecule is COc1ccc(C[C@H]2COc3ccccc3N2Cc2ccccc2)cc1. The molecule has 3 heteroatoms. The van der Waals surface area contributed by atoms with Crippen molar-refractivity contribution in [2.75, 3.05) is 18.6 Å². The van der Waals surface area contributed by atoms with E-state index in [1.165, 1.54) is 16.8 Å². The van der Waals surface area contributed by atoms with Crippen LogP contribution in [0.5, 0.6) is 11.5 Å². The first kappa shape index (κ1) is 16.5. The molecule has 132 valence electrons. The average Bonchev–Trinajstić information content (AvgIpc) is 2.71. The van der Waals surface area contributed by atoms with E-state index in [-0.39, 0.29) is 0 Å². The van der Waals surface area contributed by atoms with Gasteiger partial charge in [0.15, 0.2) is 0 Å². The lowest BCUT2D eigenvalue weighted by atomic mass is 10.0. The molecule has 0 spiro atoms. The molecule has 4 rings (SSSR count). The predicted molar refractivity (Wildman–Crippen MR) is 105 cm³/mol. The van der Waals surface area contributed by atoms with E-state index in [0.717, 1.165) is 24.5 Å². The number of nitrogens with zero attached hydrogens (tertiary/aromatic N) is 1. The molecular weight excluding hydrogens is 322 g/mol. The highest BCUT2D eigenvalue weighted by Crippen LogP contribution is 2.35. The van der Waals surface area contributed by atoms with Crippen LogP contribution in [0, 0.1) is 0 Å². The third kappa shape index (κ3) is 3.52. The molecule has 0 N–H and O–H groups in total. The second-order valence-electron chi connectivity index (χ2n) is 6.60. The molecule has 0 bridgehead atoms. The Morgan fingerprint density at radius 1 is 0.885 bits per heavy atom. The van der Waals surface area contributed by atoms with Gasteiger partial charge in [0, 0.05) is 6.54 Å². The van der Waals surface area contributed by atoms with Crippen molar-refractivity contribution in [3.63, 3.8) is 0 Å². The van der Waals surface area contributed by atoms with Crippen LogP contribution in [0.1, 0.15) is 11.1 Å². The van der Waals surface area contributed by atoms with Crippen molar-refractivity contribution in [3.05, 3.63) is 90.0 Å². The summed E-state index contributed by atoms with van der Waals surface area (Å²) in [6.45, 7) is 1.57. The molecule has 3 aromatic carbocycles. The van der Waals surface area contributed by atoms with Crippen molar-refractivity contribution < 1.29 is 9.47 Å². The van der Waals surface area contributed by atoms with Gasteiger partial charge in [0.05, 0.1) is 18.8 Å². The molecule has 3 nitrogen and oxygen atoms in total. The van der Waals surface area contributed by atoms with Gasteiger partial charge in [-0.2, -0.15) is 0 Å². The molecule has 0 unspecified atom stereocenters. The van der Waals surface area contributed by atoms with Crippen LogP contribution >= 0.6 is 0 Å². The Hall–Kier alpha value is -2.94. The van der Waals surface area contributed by atoms with E-state index in [9.17, 15) is 0 Å². The molecule has 1 aliphatic heterocycles. The zero-order valence-corrected chi connectivity index (χ0v) is 15.0. The highest BCUT2D eigenvalue weighted by Gasteiger charge is 2.27. The molecular formula is C23H23NO2. The third-order valence-corrected chi connectivity index (χ3v) is 4.87. The lowest BCUT2D eigenvalue weighted by Crippen LogP contribution is -2.44. The first-order valence-corrected chi connectivity index (χ1v) is 8.99. The fourth-order valence-electron chi connectivity index (χ4n) is 3.49. The zero-order chi connectivity index (χ0) is 17.8. The Morgan fingerprint density at radius 3 is 2.38 bits per heavy atom.